The van der Waals surface area contributed by atoms with Crippen molar-refractivity contribution in [2.45, 2.75) is 4.90 Å². The summed E-state index contributed by atoms with van der Waals surface area (Å²) in [5, 5.41) is 17.1. The molecule has 0 saturated heterocycles. The van der Waals surface area contributed by atoms with E-state index in [0.717, 1.165) is 0 Å². The lowest BCUT2D eigenvalue weighted by Gasteiger charge is -2.04. The molecule has 0 amide bonds. The number of rotatable bonds is 4. The van der Waals surface area contributed by atoms with Crippen LogP contribution >= 0.6 is 0 Å². The third kappa shape index (κ3) is 3.02. The van der Waals surface area contributed by atoms with E-state index in [2.05, 4.69) is 4.72 Å². The first-order valence-electron chi connectivity index (χ1n) is 4.21. The zero-order chi connectivity index (χ0) is 11.3. The molecule has 0 aromatic heterocycles. The Morgan fingerprint density at radius 3 is 2.80 bits per heavy atom. The summed E-state index contributed by atoms with van der Waals surface area (Å²) in [7, 11) is -3.62. The molecule has 6 heteroatoms. The van der Waals surface area contributed by atoms with Crippen LogP contribution in [0, 0.1) is 11.3 Å². The van der Waals surface area contributed by atoms with Crippen LogP contribution in [0.1, 0.15) is 5.56 Å². The molecular weight excluding hydrogens is 216 g/mol. The van der Waals surface area contributed by atoms with Crippen LogP contribution in [0.2, 0.25) is 0 Å². The van der Waals surface area contributed by atoms with Crippen LogP contribution in [0.25, 0.3) is 0 Å². The molecule has 0 aliphatic rings. The largest absolute Gasteiger partial charge is 0.395 e. The number of hydrogen-bond acceptors (Lipinski definition) is 4. The highest BCUT2D eigenvalue weighted by Crippen LogP contribution is 2.10. The predicted octanol–water partition coefficient (Wildman–Crippen LogP) is -0.171. The molecule has 0 spiro atoms. The van der Waals surface area contributed by atoms with Crippen molar-refractivity contribution < 1.29 is 13.5 Å². The number of aliphatic hydroxyl groups is 1. The minimum atomic E-state index is -3.62. The maximum Gasteiger partial charge on any atom is 0.240 e. The topological polar surface area (TPSA) is 90.2 Å². The molecule has 0 aliphatic carbocycles. The van der Waals surface area contributed by atoms with E-state index < -0.39 is 10.0 Å². The molecule has 0 aliphatic heterocycles. The van der Waals surface area contributed by atoms with Crippen LogP contribution in [0.5, 0.6) is 0 Å². The number of nitrogens with one attached hydrogen (secondary N) is 1. The normalized spacial score (nSPS) is 10.9. The zero-order valence-electron chi connectivity index (χ0n) is 7.84. The summed E-state index contributed by atoms with van der Waals surface area (Å²) in [4.78, 5) is 0.0231. The molecule has 0 heterocycles. The van der Waals surface area contributed by atoms with E-state index in [-0.39, 0.29) is 23.6 Å². The van der Waals surface area contributed by atoms with Crippen molar-refractivity contribution in [2.75, 3.05) is 13.2 Å². The second kappa shape index (κ2) is 4.89. The lowest BCUT2D eigenvalue weighted by Crippen LogP contribution is -2.26. The Morgan fingerprint density at radius 1 is 1.47 bits per heavy atom. The van der Waals surface area contributed by atoms with Crippen molar-refractivity contribution in [3.8, 4) is 6.07 Å². The first kappa shape index (κ1) is 11.7. The lowest BCUT2D eigenvalue weighted by atomic mass is 10.2. The molecule has 0 saturated carbocycles. The summed E-state index contributed by atoms with van der Waals surface area (Å²) in [6.45, 7) is -0.309. The van der Waals surface area contributed by atoms with Gasteiger partial charge < -0.3 is 5.11 Å². The maximum absolute atomic E-state index is 11.5. The highest BCUT2D eigenvalue weighted by molar-refractivity contribution is 7.89. The molecule has 15 heavy (non-hydrogen) atoms. The van der Waals surface area contributed by atoms with Crippen LogP contribution in [-0.2, 0) is 10.0 Å². The van der Waals surface area contributed by atoms with Crippen molar-refractivity contribution in [3.63, 3.8) is 0 Å². The van der Waals surface area contributed by atoms with E-state index >= 15 is 0 Å². The molecule has 0 unspecified atom stereocenters. The zero-order valence-corrected chi connectivity index (χ0v) is 8.66. The van der Waals surface area contributed by atoms with Crippen molar-refractivity contribution in [3.05, 3.63) is 29.8 Å². The average molecular weight is 226 g/mol. The fraction of sp³-hybridized carbons (Fsp3) is 0.222. The lowest BCUT2D eigenvalue weighted by molar-refractivity contribution is 0.301. The summed E-state index contributed by atoms with van der Waals surface area (Å²) in [6.07, 6.45) is 0. The molecule has 2 N–H and O–H groups in total. The average Bonchev–Trinajstić information content (AvgIpc) is 2.26. The van der Waals surface area contributed by atoms with E-state index in [1.165, 1.54) is 24.3 Å². The van der Waals surface area contributed by atoms with Crippen molar-refractivity contribution in [2.24, 2.45) is 0 Å². The Labute approximate surface area is 88.0 Å². The van der Waals surface area contributed by atoms with Crippen molar-refractivity contribution in [1.29, 1.82) is 5.26 Å². The van der Waals surface area contributed by atoms with Crippen LogP contribution in [0.15, 0.2) is 29.2 Å². The molecule has 0 atom stereocenters. The van der Waals surface area contributed by atoms with Gasteiger partial charge in [-0.3, -0.25) is 0 Å². The van der Waals surface area contributed by atoms with Crippen molar-refractivity contribution >= 4 is 10.0 Å². The van der Waals surface area contributed by atoms with Gasteiger partial charge >= 0.3 is 0 Å². The van der Waals surface area contributed by atoms with Crippen LogP contribution < -0.4 is 4.72 Å². The number of aliphatic hydroxyl groups excluding tert-OH is 1. The van der Waals surface area contributed by atoms with Gasteiger partial charge in [0, 0.05) is 6.54 Å². The van der Waals surface area contributed by atoms with Gasteiger partial charge in [-0.05, 0) is 18.2 Å². The summed E-state index contributed by atoms with van der Waals surface area (Å²) < 4.78 is 25.2. The second-order valence-electron chi connectivity index (χ2n) is 2.76. The predicted molar refractivity (Wildman–Crippen MR) is 53.4 cm³/mol. The Balaban J connectivity index is 3.01. The Kier molecular flexibility index (Phi) is 3.80. The number of benzene rings is 1. The molecule has 0 radical (unpaired) electrons. The first-order chi connectivity index (χ1) is 7.10. The first-order valence-corrected chi connectivity index (χ1v) is 5.69. The van der Waals surface area contributed by atoms with E-state index in [1.54, 1.807) is 0 Å². The van der Waals surface area contributed by atoms with Gasteiger partial charge in [0.15, 0.2) is 0 Å². The van der Waals surface area contributed by atoms with Gasteiger partial charge in [-0.2, -0.15) is 5.26 Å². The molecule has 1 aromatic rings. The molecule has 5 nitrogen and oxygen atoms in total. The van der Waals surface area contributed by atoms with E-state index in [9.17, 15) is 8.42 Å². The Morgan fingerprint density at radius 2 is 2.20 bits per heavy atom. The monoisotopic (exact) mass is 226 g/mol. The van der Waals surface area contributed by atoms with Crippen LogP contribution in [-0.4, -0.2) is 26.7 Å². The SMILES string of the molecule is N#Cc1cccc(S(=O)(=O)NCCO)c1. The number of nitriles is 1. The van der Waals surface area contributed by atoms with Gasteiger partial charge in [0.2, 0.25) is 10.0 Å². The minimum Gasteiger partial charge on any atom is -0.395 e. The third-order valence-electron chi connectivity index (χ3n) is 1.68. The smallest absolute Gasteiger partial charge is 0.240 e. The highest BCUT2D eigenvalue weighted by Gasteiger charge is 2.12. The quantitative estimate of drug-likeness (QED) is 0.745. The summed E-state index contributed by atoms with van der Waals surface area (Å²) >= 11 is 0. The van der Waals surface area contributed by atoms with Gasteiger partial charge in [-0.15, -0.1) is 0 Å². The summed E-state index contributed by atoms with van der Waals surface area (Å²) in [5.41, 5.74) is 0.280. The van der Waals surface area contributed by atoms with Crippen LogP contribution in [0.3, 0.4) is 0 Å². The molecule has 0 fully saturated rings. The Hall–Kier alpha value is -1.42. The van der Waals surface area contributed by atoms with E-state index in [4.69, 9.17) is 10.4 Å². The van der Waals surface area contributed by atoms with E-state index in [0.29, 0.717) is 0 Å². The summed E-state index contributed by atoms with van der Waals surface area (Å²) in [6, 6.07) is 7.53. The van der Waals surface area contributed by atoms with E-state index in [1.807, 2.05) is 6.07 Å². The fourth-order valence-corrected chi connectivity index (χ4v) is 2.06. The number of nitrogens with zero attached hydrogens (tertiary/aromatic N) is 1. The molecule has 1 rings (SSSR count). The Bertz CT molecular complexity index is 476. The third-order valence-corrected chi connectivity index (χ3v) is 3.14. The van der Waals surface area contributed by atoms with Crippen molar-refractivity contribution in [1.82, 2.24) is 4.72 Å². The maximum atomic E-state index is 11.5. The van der Waals surface area contributed by atoms with Crippen LogP contribution in [0.4, 0.5) is 0 Å². The van der Waals surface area contributed by atoms with Gasteiger partial charge in [-0.1, -0.05) is 6.07 Å². The van der Waals surface area contributed by atoms with Gasteiger partial charge in [0.1, 0.15) is 0 Å². The standard InChI is InChI=1S/C9H10N2O3S/c10-7-8-2-1-3-9(6-8)15(13,14)11-4-5-12/h1-3,6,11-12H,4-5H2. The van der Waals surface area contributed by atoms with Gasteiger partial charge in [0.05, 0.1) is 23.1 Å². The highest BCUT2D eigenvalue weighted by atomic mass is 32.2. The molecule has 0 bridgehead atoms. The molecular formula is C9H10N2O3S. The van der Waals surface area contributed by atoms with Gasteiger partial charge in [-0.25, -0.2) is 13.1 Å². The number of hydrogen-bond donors (Lipinski definition) is 2. The molecule has 80 valence electrons. The summed E-state index contributed by atoms with van der Waals surface area (Å²) in [5.74, 6) is 0. The fourth-order valence-electron chi connectivity index (χ4n) is 0.996. The number of sulfonamides is 1. The van der Waals surface area contributed by atoms with Gasteiger partial charge in [0.25, 0.3) is 0 Å². The second-order valence-corrected chi connectivity index (χ2v) is 4.53. The minimum absolute atomic E-state index is 0.0231. The molecule has 1 aromatic carbocycles.